The molecule has 0 saturated carbocycles. The van der Waals surface area contributed by atoms with E-state index in [2.05, 4.69) is 0 Å². The van der Waals surface area contributed by atoms with Gasteiger partial charge in [-0.05, 0) is 12.8 Å². The summed E-state index contributed by atoms with van der Waals surface area (Å²) in [6, 6.07) is 0. The molecule has 0 aromatic carbocycles. The molecule has 0 fully saturated rings. The largest absolute Gasteiger partial charge is 0.480 e. The lowest BCUT2D eigenvalue weighted by Crippen LogP contribution is -2.13. The molecule has 0 radical (unpaired) electrons. The van der Waals surface area contributed by atoms with E-state index >= 15 is 0 Å². The first kappa shape index (κ1) is 17.6. The highest BCUT2D eigenvalue weighted by atomic mass is 35.5. The van der Waals surface area contributed by atoms with Gasteiger partial charge in [0, 0.05) is 12.5 Å². The zero-order chi connectivity index (χ0) is 13.5. The highest BCUT2D eigenvalue weighted by molar-refractivity contribution is 6.17. The summed E-state index contributed by atoms with van der Waals surface area (Å²) < 4.78 is 15.4. The molecule has 0 unspecified atom stereocenters. The Bertz CT molecular complexity index is 189. The van der Waals surface area contributed by atoms with Crippen molar-refractivity contribution in [2.45, 2.75) is 25.7 Å². The van der Waals surface area contributed by atoms with Gasteiger partial charge in [-0.15, -0.1) is 11.6 Å². The van der Waals surface area contributed by atoms with Crippen LogP contribution in [0.2, 0.25) is 0 Å². The lowest BCUT2D eigenvalue weighted by molar-refractivity contribution is -0.142. The SMILES string of the molecule is O=C(O)COCCOCCOCCCCCCCl. The maximum atomic E-state index is 10.1. The van der Waals surface area contributed by atoms with Crippen LogP contribution in [0.5, 0.6) is 0 Å². The second kappa shape index (κ2) is 14.7. The van der Waals surface area contributed by atoms with Gasteiger partial charge in [-0.25, -0.2) is 4.79 Å². The molecule has 0 rings (SSSR count). The Morgan fingerprint density at radius 3 is 2.00 bits per heavy atom. The van der Waals surface area contributed by atoms with Gasteiger partial charge in [-0.3, -0.25) is 0 Å². The van der Waals surface area contributed by atoms with Crippen LogP contribution in [-0.4, -0.2) is 56.6 Å². The van der Waals surface area contributed by atoms with Gasteiger partial charge in [-0.1, -0.05) is 12.8 Å². The smallest absolute Gasteiger partial charge is 0.329 e. The van der Waals surface area contributed by atoms with Crippen LogP contribution in [0.4, 0.5) is 0 Å². The van der Waals surface area contributed by atoms with E-state index in [1.807, 2.05) is 0 Å². The molecule has 0 saturated heterocycles. The molecule has 0 spiro atoms. The molecule has 1 N–H and O–H groups in total. The van der Waals surface area contributed by atoms with E-state index < -0.39 is 5.97 Å². The first-order valence-corrected chi connectivity index (χ1v) is 6.82. The van der Waals surface area contributed by atoms with Gasteiger partial charge in [0.25, 0.3) is 0 Å². The van der Waals surface area contributed by atoms with Crippen molar-refractivity contribution >= 4 is 17.6 Å². The molecule has 0 heterocycles. The number of carboxylic acids is 1. The number of carboxylic acid groups (broad SMARTS) is 1. The van der Waals surface area contributed by atoms with Crippen molar-refractivity contribution in [1.29, 1.82) is 0 Å². The van der Waals surface area contributed by atoms with Crippen molar-refractivity contribution in [3.8, 4) is 0 Å². The Labute approximate surface area is 113 Å². The van der Waals surface area contributed by atoms with Crippen LogP contribution in [0.25, 0.3) is 0 Å². The standard InChI is InChI=1S/C12H23ClO5/c13-5-3-1-2-4-6-16-7-8-17-9-10-18-11-12(14)15/h1-11H2,(H,14,15). The van der Waals surface area contributed by atoms with Crippen LogP contribution in [-0.2, 0) is 19.0 Å². The normalized spacial score (nSPS) is 10.7. The third-order valence-corrected chi connectivity index (χ3v) is 2.41. The quantitative estimate of drug-likeness (QED) is 0.389. The molecular weight excluding hydrogens is 260 g/mol. The zero-order valence-corrected chi connectivity index (χ0v) is 11.5. The number of carbonyl (C=O) groups is 1. The Hall–Kier alpha value is -0.360. The van der Waals surface area contributed by atoms with E-state index in [-0.39, 0.29) is 6.61 Å². The molecule has 0 aromatic rings. The Balaban J connectivity index is 2.92. The number of hydrogen-bond acceptors (Lipinski definition) is 4. The molecule has 6 heteroatoms. The highest BCUT2D eigenvalue weighted by Gasteiger charge is 1.96. The van der Waals surface area contributed by atoms with E-state index in [0.29, 0.717) is 26.4 Å². The number of halogens is 1. The molecule has 5 nitrogen and oxygen atoms in total. The molecular formula is C12H23ClO5. The van der Waals surface area contributed by atoms with Gasteiger partial charge >= 0.3 is 5.97 Å². The van der Waals surface area contributed by atoms with E-state index in [1.54, 1.807) is 0 Å². The monoisotopic (exact) mass is 282 g/mol. The number of ether oxygens (including phenoxy) is 3. The summed E-state index contributed by atoms with van der Waals surface area (Å²) in [6.07, 6.45) is 4.43. The summed E-state index contributed by atoms with van der Waals surface area (Å²) in [5.41, 5.74) is 0. The van der Waals surface area contributed by atoms with E-state index in [4.69, 9.17) is 30.9 Å². The summed E-state index contributed by atoms with van der Waals surface area (Å²) in [7, 11) is 0. The highest BCUT2D eigenvalue weighted by Crippen LogP contribution is 2.00. The lowest BCUT2D eigenvalue weighted by Gasteiger charge is -2.05. The van der Waals surface area contributed by atoms with Crippen molar-refractivity contribution in [3.63, 3.8) is 0 Å². The molecule has 0 amide bonds. The fourth-order valence-corrected chi connectivity index (χ4v) is 1.44. The van der Waals surface area contributed by atoms with Crippen molar-refractivity contribution in [2.75, 3.05) is 45.5 Å². The molecule has 18 heavy (non-hydrogen) atoms. The van der Waals surface area contributed by atoms with Gasteiger partial charge in [-0.2, -0.15) is 0 Å². The van der Waals surface area contributed by atoms with Gasteiger partial charge in [0.2, 0.25) is 0 Å². The van der Waals surface area contributed by atoms with Crippen LogP contribution in [0.1, 0.15) is 25.7 Å². The van der Waals surface area contributed by atoms with Crippen LogP contribution in [0, 0.1) is 0 Å². The fraction of sp³-hybridized carbons (Fsp3) is 0.917. The average molecular weight is 283 g/mol. The van der Waals surface area contributed by atoms with E-state index in [0.717, 1.165) is 38.2 Å². The number of unbranched alkanes of at least 4 members (excludes halogenated alkanes) is 3. The van der Waals surface area contributed by atoms with Crippen LogP contribution >= 0.6 is 11.6 Å². The third kappa shape index (κ3) is 15.6. The van der Waals surface area contributed by atoms with Gasteiger partial charge in [0.05, 0.1) is 26.4 Å². The summed E-state index contributed by atoms with van der Waals surface area (Å²) in [4.78, 5) is 10.1. The topological polar surface area (TPSA) is 65.0 Å². The Morgan fingerprint density at radius 1 is 0.833 bits per heavy atom. The summed E-state index contributed by atoms with van der Waals surface area (Å²) in [6.45, 7) is 2.24. The molecule has 0 atom stereocenters. The Kier molecular flexibility index (Phi) is 14.4. The molecule has 108 valence electrons. The second-order valence-corrected chi connectivity index (χ2v) is 4.15. The fourth-order valence-electron chi connectivity index (χ4n) is 1.25. The minimum absolute atomic E-state index is 0.276. The van der Waals surface area contributed by atoms with Crippen molar-refractivity contribution in [3.05, 3.63) is 0 Å². The average Bonchev–Trinajstić information content (AvgIpc) is 2.34. The number of aliphatic carboxylic acids is 1. The van der Waals surface area contributed by atoms with Crippen molar-refractivity contribution in [1.82, 2.24) is 0 Å². The summed E-state index contributed by atoms with van der Waals surface area (Å²) in [5.74, 6) is -0.231. The minimum Gasteiger partial charge on any atom is -0.480 e. The number of alkyl halides is 1. The van der Waals surface area contributed by atoms with Crippen LogP contribution < -0.4 is 0 Å². The summed E-state index contributed by atoms with van der Waals surface area (Å²) in [5, 5.41) is 8.30. The summed E-state index contributed by atoms with van der Waals surface area (Å²) >= 11 is 5.56. The van der Waals surface area contributed by atoms with Gasteiger partial charge < -0.3 is 19.3 Å². The van der Waals surface area contributed by atoms with E-state index in [9.17, 15) is 4.79 Å². The lowest BCUT2D eigenvalue weighted by atomic mass is 10.2. The molecule has 0 aliphatic rings. The second-order valence-electron chi connectivity index (χ2n) is 3.77. The minimum atomic E-state index is -0.965. The van der Waals surface area contributed by atoms with Gasteiger partial charge in [0.1, 0.15) is 6.61 Å². The molecule has 0 bridgehead atoms. The van der Waals surface area contributed by atoms with E-state index in [1.165, 1.54) is 0 Å². The number of rotatable bonds is 14. The first-order chi connectivity index (χ1) is 8.77. The van der Waals surface area contributed by atoms with Crippen LogP contribution in [0.3, 0.4) is 0 Å². The predicted molar refractivity (Wildman–Crippen MR) is 69.3 cm³/mol. The maximum Gasteiger partial charge on any atom is 0.329 e. The molecule has 0 aromatic heterocycles. The third-order valence-electron chi connectivity index (χ3n) is 2.14. The van der Waals surface area contributed by atoms with Gasteiger partial charge in [0.15, 0.2) is 0 Å². The molecule has 0 aliphatic carbocycles. The first-order valence-electron chi connectivity index (χ1n) is 6.28. The predicted octanol–water partition coefficient (Wildman–Crippen LogP) is 1.92. The van der Waals surface area contributed by atoms with Crippen LogP contribution in [0.15, 0.2) is 0 Å². The van der Waals surface area contributed by atoms with Crippen molar-refractivity contribution in [2.24, 2.45) is 0 Å². The van der Waals surface area contributed by atoms with Crippen molar-refractivity contribution < 1.29 is 24.1 Å². The maximum absolute atomic E-state index is 10.1. The molecule has 0 aliphatic heterocycles. The number of hydrogen-bond donors (Lipinski definition) is 1. The zero-order valence-electron chi connectivity index (χ0n) is 10.7. The Morgan fingerprint density at radius 2 is 1.39 bits per heavy atom.